The first kappa shape index (κ1) is 23.8. The van der Waals surface area contributed by atoms with Crippen LogP contribution in [0.15, 0.2) is 73.3 Å². The molecule has 0 aliphatic carbocycles. The minimum atomic E-state index is -0.438. The van der Waals surface area contributed by atoms with E-state index in [2.05, 4.69) is 31.1 Å². The topological polar surface area (TPSA) is 70.3 Å². The fourth-order valence-electron chi connectivity index (χ4n) is 4.13. The van der Waals surface area contributed by atoms with E-state index in [1.165, 1.54) is 11.6 Å². The van der Waals surface area contributed by atoms with E-state index in [9.17, 15) is 9.50 Å². The van der Waals surface area contributed by atoms with E-state index < -0.39 is 5.82 Å². The first-order chi connectivity index (χ1) is 16.2. The average Bonchev–Trinajstić information content (AvgIpc) is 3.33. The summed E-state index contributed by atoms with van der Waals surface area (Å²) in [5.74, 6) is 0.317. The minimum absolute atomic E-state index is 0. The molecule has 0 atom stereocenters. The van der Waals surface area contributed by atoms with Gasteiger partial charge in [-0.15, -0.1) is 12.4 Å². The standard InChI is InChI=1S/C25H25FN6O.ClH/c26-23-14-20(6-7-21(23)18-33)24-25(28-9-8-27-24)31-12-10-30(11-13-31)16-19-15-29-32(17-19)22-4-2-1-3-5-22;/h1-9,14-15,17,33H,10-13,16,18H2;1H. The average molecular weight is 481 g/mol. The molecule has 176 valence electrons. The van der Waals surface area contributed by atoms with Crippen LogP contribution in [0, 0.1) is 5.82 Å². The van der Waals surface area contributed by atoms with Crippen LogP contribution in [-0.4, -0.2) is 55.9 Å². The van der Waals surface area contributed by atoms with Crippen molar-refractivity contribution in [3.05, 3.63) is 90.3 Å². The van der Waals surface area contributed by atoms with Gasteiger partial charge >= 0.3 is 0 Å². The van der Waals surface area contributed by atoms with Crippen LogP contribution in [-0.2, 0) is 13.2 Å². The van der Waals surface area contributed by atoms with Gasteiger partial charge < -0.3 is 10.0 Å². The third-order valence-electron chi connectivity index (χ3n) is 5.91. The van der Waals surface area contributed by atoms with Gasteiger partial charge in [0.2, 0.25) is 0 Å². The van der Waals surface area contributed by atoms with Gasteiger partial charge in [-0.3, -0.25) is 9.88 Å². The third-order valence-corrected chi connectivity index (χ3v) is 5.91. The molecule has 2 aromatic carbocycles. The number of para-hydroxylation sites is 1. The van der Waals surface area contributed by atoms with Crippen LogP contribution >= 0.6 is 12.4 Å². The monoisotopic (exact) mass is 480 g/mol. The van der Waals surface area contributed by atoms with Crippen LogP contribution in [0.4, 0.5) is 10.2 Å². The number of rotatable bonds is 6. The maximum atomic E-state index is 14.2. The maximum Gasteiger partial charge on any atom is 0.155 e. The predicted molar refractivity (Wildman–Crippen MR) is 132 cm³/mol. The van der Waals surface area contributed by atoms with Gasteiger partial charge in [-0.2, -0.15) is 5.10 Å². The van der Waals surface area contributed by atoms with Gasteiger partial charge in [0.15, 0.2) is 5.82 Å². The fraction of sp³-hybridized carbons (Fsp3) is 0.240. The highest BCUT2D eigenvalue weighted by Gasteiger charge is 2.22. The second kappa shape index (κ2) is 10.7. The highest BCUT2D eigenvalue weighted by atomic mass is 35.5. The molecule has 9 heteroatoms. The van der Waals surface area contributed by atoms with Crippen molar-refractivity contribution in [1.29, 1.82) is 0 Å². The number of nitrogens with zero attached hydrogens (tertiary/aromatic N) is 6. The van der Waals surface area contributed by atoms with Gasteiger partial charge in [0.05, 0.1) is 18.5 Å². The summed E-state index contributed by atoms with van der Waals surface area (Å²) in [7, 11) is 0. The molecule has 0 radical (unpaired) electrons. The molecular weight excluding hydrogens is 455 g/mol. The predicted octanol–water partition coefficient (Wildman–Crippen LogP) is 3.70. The Balaban J connectivity index is 0.00000274. The third kappa shape index (κ3) is 5.09. The summed E-state index contributed by atoms with van der Waals surface area (Å²) in [6, 6.07) is 14.9. The number of hydrogen-bond donors (Lipinski definition) is 1. The Kier molecular flexibility index (Phi) is 7.52. The Morgan fingerprint density at radius 3 is 2.44 bits per heavy atom. The number of aliphatic hydroxyl groups is 1. The SMILES string of the molecule is Cl.OCc1ccc(-c2nccnc2N2CCN(Cc3cnn(-c4ccccc4)c3)CC2)cc1F. The van der Waals surface area contributed by atoms with Gasteiger partial charge in [-0.1, -0.05) is 30.3 Å². The van der Waals surface area contributed by atoms with E-state index in [-0.39, 0.29) is 24.6 Å². The van der Waals surface area contributed by atoms with E-state index >= 15 is 0 Å². The van der Waals surface area contributed by atoms with E-state index in [0.717, 1.165) is 44.2 Å². The summed E-state index contributed by atoms with van der Waals surface area (Å²) in [5.41, 5.74) is 3.80. The van der Waals surface area contributed by atoms with E-state index in [1.54, 1.807) is 24.5 Å². The number of halogens is 2. The summed E-state index contributed by atoms with van der Waals surface area (Å²) in [6.07, 6.45) is 7.29. The first-order valence-electron chi connectivity index (χ1n) is 11.0. The molecular formula is C25H26ClFN6O. The highest BCUT2D eigenvalue weighted by Crippen LogP contribution is 2.29. The van der Waals surface area contributed by atoms with Crippen molar-refractivity contribution in [2.24, 2.45) is 0 Å². The van der Waals surface area contributed by atoms with Crippen molar-refractivity contribution in [2.75, 3.05) is 31.1 Å². The van der Waals surface area contributed by atoms with Crippen LogP contribution in [0.25, 0.3) is 16.9 Å². The molecule has 1 fully saturated rings. The van der Waals surface area contributed by atoms with Crippen molar-refractivity contribution in [3.63, 3.8) is 0 Å². The summed E-state index contributed by atoms with van der Waals surface area (Å²) < 4.78 is 16.1. The van der Waals surface area contributed by atoms with Crippen LogP contribution in [0.2, 0.25) is 0 Å². The zero-order valence-electron chi connectivity index (χ0n) is 18.6. The lowest BCUT2D eigenvalue weighted by atomic mass is 10.1. The zero-order valence-corrected chi connectivity index (χ0v) is 19.4. The highest BCUT2D eigenvalue weighted by molar-refractivity contribution is 5.85. The number of anilines is 1. The van der Waals surface area contributed by atoms with Crippen molar-refractivity contribution in [2.45, 2.75) is 13.2 Å². The van der Waals surface area contributed by atoms with E-state index in [0.29, 0.717) is 11.3 Å². The molecule has 2 aromatic heterocycles. The Hall–Kier alpha value is -3.33. The van der Waals surface area contributed by atoms with Crippen molar-refractivity contribution < 1.29 is 9.50 Å². The molecule has 0 bridgehead atoms. The molecule has 0 unspecified atom stereocenters. The Morgan fingerprint density at radius 2 is 1.71 bits per heavy atom. The van der Waals surface area contributed by atoms with Crippen LogP contribution in [0.1, 0.15) is 11.1 Å². The normalized spacial score (nSPS) is 14.1. The van der Waals surface area contributed by atoms with Gasteiger partial charge in [-0.05, 0) is 18.2 Å². The lowest BCUT2D eigenvalue weighted by Gasteiger charge is -2.35. The Labute approximate surface area is 203 Å². The number of piperazine rings is 1. The Bertz CT molecular complexity index is 1230. The number of aliphatic hydroxyl groups excluding tert-OH is 1. The molecule has 34 heavy (non-hydrogen) atoms. The Morgan fingerprint density at radius 1 is 0.941 bits per heavy atom. The quantitative estimate of drug-likeness (QED) is 0.454. The molecule has 0 spiro atoms. The molecule has 1 saturated heterocycles. The molecule has 4 aromatic rings. The van der Waals surface area contributed by atoms with E-state index in [4.69, 9.17) is 0 Å². The van der Waals surface area contributed by atoms with Crippen LogP contribution < -0.4 is 4.90 Å². The van der Waals surface area contributed by atoms with Crippen molar-refractivity contribution in [3.8, 4) is 16.9 Å². The number of benzene rings is 2. The summed E-state index contributed by atoms with van der Waals surface area (Å²) >= 11 is 0. The maximum absolute atomic E-state index is 14.2. The largest absolute Gasteiger partial charge is 0.392 e. The van der Waals surface area contributed by atoms with Crippen LogP contribution in [0.3, 0.4) is 0 Å². The minimum Gasteiger partial charge on any atom is -0.392 e. The van der Waals surface area contributed by atoms with E-state index in [1.807, 2.05) is 41.2 Å². The summed E-state index contributed by atoms with van der Waals surface area (Å²) in [4.78, 5) is 13.6. The summed E-state index contributed by atoms with van der Waals surface area (Å²) in [6.45, 7) is 3.87. The molecule has 1 aliphatic heterocycles. The molecule has 0 amide bonds. The lowest BCUT2D eigenvalue weighted by molar-refractivity contribution is 0.249. The van der Waals surface area contributed by atoms with Crippen LogP contribution in [0.5, 0.6) is 0 Å². The van der Waals surface area contributed by atoms with Gasteiger partial charge in [0.1, 0.15) is 11.5 Å². The first-order valence-corrected chi connectivity index (χ1v) is 11.0. The molecule has 1 aliphatic rings. The van der Waals surface area contributed by atoms with Gasteiger partial charge in [0, 0.05) is 68.0 Å². The van der Waals surface area contributed by atoms with Crippen molar-refractivity contribution >= 4 is 18.2 Å². The van der Waals surface area contributed by atoms with Gasteiger partial charge in [-0.25, -0.2) is 14.1 Å². The number of aromatic nitrogens is 4. The molecule has 0 saturated carbocycles. The zero-order chi connectivity index (χ0) is 22.6. The van der Waals surface area contributed by atoms with Gasteiger partial charge in [0.25, 0.3) is 0 Å². The molecule has 1 N–H and O–H groups in total. The molecule has 7 nitrogen and oxygen atoms in total. The second-order valence-corrected chi connectivity index (χ2v) is 8.08. The lowest BCUT2D eigenvalue weighted by Crippen LogP contribution is -2.46. The number of hydrogen-bond acceptors (Lipinski definition) is 6. The molecule has 5 rings (SSSR count). The summed E-state index contributed by atoms with van der Waals surface area (Å²) in [5, 5.41) is 13.7. The fourth-order valence-corrected chi connectivity index (χ4v) is 4.13. The van der Waals surface area contributed by atoms with Crippen molar-refractivity contribution in [1.82, 2.24) is 24.6 Å². The molecule has 3 heterocycles. The smallest absolute Gasteiger partial charge is 0.155 e. The second-order valence-electron chi connectivity index (χ2n) is 8.08.